The summed E-state index contributed by atoms with van der Waals surface area (Å²) in [6, 6.07) is 0. The van der Waals surface area contributed by atoms with Crippen LogP contribution in [-0.2, 0) is 21.1 Å². The van der Waals surface area contributed by atoms with Crippen molar-refractivity contribution >= 4 is 5.69 Å². The molecule has 0 bridgehead atoms. The Morgan fingerprint density at radius 1 is 1.30 bits per heavy atom. The van der Waals surface area contributed by atoms with Crippen molar-refractivity contribution in [3.63, 3.8) is 0 Å². The Balaban J connectivity index is 0.000000810. The van der Waals surface area contributed by atoms with Crippen LogP contribution in [-0.4, -0.2) is 12.2 Å². The van der Waals surface area contributed by atoms with Crippen molar-refractivity contribution in [1.29, 1.82) is 0 Å². The molecule has 0 spiro atoms. The Morgan fingerprint density at radius 3 is 2.00 bits per heavy atom. The fourth-order valence-electron chi connectivity index (χ4n) is 0.612. The van der Waals surface area contributed by atoms with Gasteiger partial charge in [0.15, 0.2) is 5.75 Å². The van der Waals surface area contributed by atoms with E-state index in [1.54, 1.807) is 0 Å². The average Bonchev–Trinajstić information content (AvgIpc) is 1.89. The molecule has 0 radical (unpaired) electrons. The molecule has 0 amide bonds. The minimum Gasteiger partial charge on any atom is -0.502 e. The van der Waals surface area contributed by atoms with Crippen LogP contribution in [0.3, 0.4) is 0 Å². The maximum atomic E-state index is 10.4. The summed E-state index contributed by atoms with van der Waals surface area (Å²) in [6.45, 7) is 0. The van der Waals surface area contributed by atoms with Crippen LogP contribution in [0.5, 0.6) is 5.75 Å². The molecular weight excluding hydrogens is 306 g/mol. The molecular formula is C5H5NO3W. The number of hydrogen-bond acceptors (Lipinski definition) is 4. The smallest absolute Gasteiger partial charge is 0.271 e. The van der Waals surface area contributed by atoms with Crippen LogP contribution < -0.4 is 16.2 Å². The Hall–Kier alpha value is -0.632. The first-order valence-corrected chi connectivity index (χ1v) is 2.38. The number of aromatic hydroxyl groups is 1. The van der Waals surface area contributed by atoms with Gasteiger partial charge in [0.25, 0.3) is 10.9 Å². The molecule has 54 valence electrons. The van der Waals surface area contributed by atoms with Crippen molar-refractivity contribution in [2.75, 3.05) is 12.4 Å². The topological polar surface area (TPSA) is 66.4 Å². The van der Waals surface area contributed by atoms with Crippen molar-refractivity contribution in [3.8, 4) is 5.75 Å². The molecule has 0 saturated carbocycles. The van der Waals surface area contributed by atoms with Crippen LogP contribution >= 0.6 is 0 Å². The van der Waals surface area contributed by atoms with E-state index in [2.05, 4.69) is 5.32 Å². The zero-order valence-corrected chi connectivity index (χ0v) is 8.11. The summed E-state index contributed by atoms with van der Waals surface area (Å²) in [7, 11) is 1.47. The fourth-order valence-corrected chi connectivity index (χ4v) is 0.612. The second-order valence-electron chi connectivity index (χ2n) is 1.63. The van der Waals surface area contributed by atoms with Gasteiger partial charge in [0, 0.05) is 28.1 Å². The predicted octanol–water partition coefficient (Wildman–Crippen LogP) is -0.973. The number of rotatable bonds is 1. The van der Waals surface area contributed by atoms with Gasteiger partial charge in [-0.2, -0.15) is 0 Å². The fraction of sp³-hybridized carbons (Fsp3) is 0.200. The molecule has 0 atom stereocenters. The first-order valence-electron chi connectivity index (χ1n) is 2.38. The van der Waals surface area contributed by atoms with Gasteiger partial charge in [0.05, 0.1) is 0 Å². The molecule has 0 unspecified atom stereocenters. The number of anilines is 1. The van der Waals surface area contributed by atoms with E-state index in [4.69, 9.17) is 5.11 Å². The van der Waals surface area contributed by atoms with Crippen molar-refractivity contribution < 1.29 is 26.2 Å². The van der Waals surface area contributed by atoms with Gasteiger partial charge < -0.3 is 10.4 Å². The molecule has 1 rings (SSSR count). The van der Waals surface area contributed by atoms with Crippen LogP contribution in [0, 0.1) is 0 Å². The third-order valence-electron chi connectivity index (χ3n) is 1.14. The van der Waals surface area contributed by atoms with Gasteiger partial charge in [-0.1, -0.05) is 0 Å². The largest absolute Gasteiger partial charge is 0.502 e. The van der Waals surface area contributed by atoms with Crippen molar-refractivity contribution in [2.24, 2.45) is 0 Å². The van der Waals surface area contributed by atoms with E-state index >= 15 is 0 Å². The average molecular weight is 311 g/mol. The SMILES string of the molecule is CNc1c(O)c(=O)c1=O.[W]. The summed E-state index contributed by atoms with van der Waals surface area (Å²) in [6.07, 6.45) is 0. The maximum Gasteiger partial charge on any atom is 0.271 e. The van der Waals surface area contributed by atoms with Crippen molar-refractivity contribution in [1.82, 2.24) is 0 Å². The molecule has 4 nitrogen and oxygen atoms in total. The van der Waals surface area contributed by atoms with Crippen LogP contribution in [0.2, 0.25) is 0 Å². The monoisotopic (exact) mass is 311 g/mol. The Labute approximate surface area is 70.8 Å². The quantitative estimate of drug-likeness (QED) is 0.655. The van der Waals surface area contributed by atoms with Gasteiger partial charge in [-0.15, -0.1) is 0 Å². The maximum absolute atomic E-state index is 10.4. The van der Waals surface area contributed by atoms with Gasteiger partial charge >= 0.3 is 0 Å². The second-order valence-corrected chi connectivity index (χ2v) is 1.63. The summed E-state index contributed by atoms with van der Waals surface area (Å²) >= 11 is 0. The molecule has 2 N–H and O–H groups in total. The molecule has 5 heteroatoms. The van der Waals surface area contributed by atoms with Gasteiger partial charge in [-0.05, 0) is 0 Å². The van der Waals surface area contributed by atoms with Crippen LogP contribution in [0.4, 0.5) is 5.69 Å². The molecule has 0 aromatic heterocycles. The van der Waals surface area contributed by atoms with E-state index in [9.17, 15) is 9.59 Å². The van der Waals surface area contributed by atoms with E-state index in [1.807, 2.05) is 0 Å². The van der Waals surface area contributed by atoms with Crippen molar-refractivity contribution in [2.45, 2.75) is 0 Å². The third kappa shape index (κ3) is 0.991. The summed E-state index contributed by atoms with van der Waals surface area (Å²) in [5.41, 5.74) is -1.44. The minimum absolute atomic E-state index is 0. The summed E-state index contributed by atoms with van der Waals surface area (Å²) in [4.78, 5) is 20.6. The standard InChI is InChI=1S/C5H5NO3.W/c1-6-2-3(7)5(9)4(2)8;/h6-7H,1H3;. The number of hydrogen-bond donors (Lipinski definition) is 2. The zero-order chi connectivity index (χ0) is 7.02. The Kier molecular flexibility index (Phi) is 2.78. The molecule has 0 aliphatic heterocycles. The third-order valence-corrected chi connectivity index (χ3v) is 1.14. The summed E-state index contributed by atoms with van der Waals surface area (Å²) in [5, 5.41) is 11.0. The molecule has 0 saturated heterocycles. The van der Waals surface area contributed by atoms with Crippen LogP contribution in [0.25, 0.3) is 0 Å². The Morgan fingerprint density at radius 2 is 1.80 bits per heavy atom. The molecule has 0 heterocycles. The van der Waals surface area contributed by atoms with E-state index in [0.29, 0.717) is 0 Å². The molecule has 1 aromatic rings. The molecule has 0 fully saturated rings. The summed E-state index contributed by atoms with van der Waals surface area (Å²) in [5.74, 6) is -0.456. The van der Waals surface area contributed by atoms with Crippen LogP contribution in [0.15, 0.2) is 9.59 Å². The van der Waals surface area contributed by atoms with Gasteiger partial charge in [-0.25, -0.2) is 0 Å². The number of nitrogens with one attached hydrogen (secondary N) is 1. The predicted molar refractivity (Wildman–Crippen MR) is 32.6 cm³/mol. The molecule has 10 heavy (non-hydrogen) atoms. The second kappa shape index (κ2) is 2.97. The molecule has 0 aliphatic carbocycles. The first-order chi connectivity index (χ1) is 4.18. The summed E-state index contributed by atoms with van der Waals surface area (Å²) < 4.78 is 0. The van der Waals surface area contributed by atoms with E-state index in [0.717, 1.165) is 0 Å². The molecule has 1 aromatic carbocycles. The normalized spacial score (nSPS) is 8.90. The van der Waals surface area contributed by atoms with Gasteiger partial charge in [0.2, 0.25) is 0 Å². The van der Waals surface area contributed by atoms with Crippen LogP contribution in [0.1, 0.15) is 0 Å². The van der Waals surface area contributed by atoms with Gasteiger partial charge in [-0.3, -0.25) is 9.59 Å². The Bertz CT molecular complexity index is 299. The van der Waals surface area contributed by atoms with E-state index < -0.39 is 16.6 Å². The molecule has 0 aliphatic rings. The zero-order valence-electron chi connectivity index (χ0n) is 5.17. The minimum atomic E-state index is -0.806. The van der Waals surface area contributed by atoms with E-state index in [1.165, 1.54) is 7.05 Å². The van der Waals surface area contributed by atoms with Gasteiger partial charge in [0.1, 0.15) is 5.69 Å². The van der Waals surface area contributed by atoms with E-state index in [-0.39, 0.29) is 26.8 Å². The first kappa shape index (κ1) is 9.37. The van der Waals surface area contributed by atoms with Crippen molar-refractivity contribution in [3.05, 3.63) is 20.4 Å².